The summed E-state index contributed by atoms with van der Waals surface area (Å²) in [6.07, 6.45) is 0.517. The van der Waals surface area contributed by atoms with Crippen molar-refractivity contribution in [3.63, 3.8) is 0 Å². The summed E-state index contributed by atoms with van der Waals surface area (Å²) in [5.41, 5.74) is 1.81. The largest absolute Gasteiger partial charge is 0.493 e. The first-order valence-corrected chi connectivity index (χ1v) is 4.95. The molecule has 1 aromatic carbocycles. The van der Waals surface area contributed by atoms with Gasteiger partial charge in [0.25, 0.3) is 0 Å². The van der Waals surface area contributed by atoms with Crippen molar-refractivity contribution in [1.29, 1.82) is 0 Å². The molecular formula is C12H16O2. The van der Waals surface area contributed by atoms with Crippen molar-refractivity contribution in [3.05, 3.63) is 29.3 Å². The molecule has 1 aromatic rings. The van der Waals surface area contributed by atoms with Crippen molar-refractivity contribution in [1.82, 2.24) is 0 Å². The molecule has 0 amide bonds. The second-order valence-corrected chi connectivity index (χ2v) is 3.21. The van der Waals surface area contributed by atoms with Gasteiger partial charge in [-0.05, 0) is 31.5 Å². The molecule has 2 heteroatoms. The zero-order valence-corrected chi connectivity index (χ0v) is 8.96. The van der Waals surface area contributed by atoms with Gasteiger partial charge in [-0.2, -0.15) is 0 Å². The maximum Gasteiger partial charge on any atom is 0.166 e. The third-order valence-corrected chi connectivity index (χ3v) is 2.06. The molecule has 0 radical (unpaired) electrons. The first-order chi connectivity index (χ1) is 6.69. The number of ether oxygens (including phenoxy) is 1. The van der Waals surface area contributed by atoms with Crippen molar-refractivity contribution >= 4 is 5.78 Å². The van der Waals surface area contributed by atoms with E-state index in [2.05, 4.69) is 0 Å². The Morgan fingerprint density at radius 3 is 2.64 bits per heavy atom. The summed E-state index contributed by atoms with van der Waals surface area (Å²) in [7, 11) is 0. The average molecular weight is 192 g/mol. The number of ketones is 1. The highest BCUT2D eigenvalue weighted by molar-refractivity contribution is 5.98. The fourth-order valence-corrected chi connectivity index (χ4v) is 1.33. The van der Waals surface area contributed by atoms with Crippen molar-refractivity contribution < 1.29 is 9.53 Å². The van der Waals surface area contributed by atoms with Crippen LogP contribution in [0.4, 0.5) is 0 Å². The van der Waals surface area contributed by atoms with E-state index in [1.807, 2.05) is 39.0 Å². The molecule has 0 N–H and O–H groups in total. The monoisotopic (exact) mass is 192 g/mol. The Hall–Kier alpha value is -1.31. The van der Waals surface area contributed by atoms with E-state index in [1.165, 1.54) is 0 Å². The molecule has 0 saturated heterocycles. The van der Waals surface area contributed by atoms with E-state index >= 15 is 0 Å². The lowest BCUT2D eigenvalue weighted by Crippen LogP contribution is -2.02. The van der Waals surface area contributed by atoms with E-state index in [0.717, 1.165) is 5.56 Å². The van der Waals surface area contributed by atoms with Gasteiger partial charge in [-0.1, -0.05) is 13.0 Å². The Balaban J connectivity index is 3.07. The molecule has 14 heavy (non-hydrogen) atoms. The average Bonchev–Trinajstić information content (AvgIpc) is 2.17. The van der Waals surface area contributed by atoms with Gasteiger partial charge in [-0.25, -0.2) is 0 Å². The van der Waals surface area contributed by atoms with Crippen LogP contribution in [0.3, 0.4) is 0 Å². The van der Waals surface area contributed by atoms with Crippen LogP contribution in [0, 0.1) is 6.92 Å². The molecular weight excluding hydrogens is 176 g/mol. The number of aryl methyl sites for hydroxylation is 1. The van der Waals surface area contributed by atoms with Gasteiger partial charge in [-0.15, -0.1) is 0 Å². The number of benzene rings is 1. The third-order valence-electron chi connectivity index (χ3n) is 2.06. The number of rotatable bonds is 4. The van der Waals surface area contributed by atoms with Crippen LogP contribution in [0.25, 0.3) is 0 Å². The Morgan fingerprint density at radius 2 is 2.07 bits per heavy atom. The molecule has 76 valence electrons. The molecule has 0 fully saturated rings. The lowest BCUT2D eigenvalue weighted by atomic mass is 10.1. The number of Topliss-reactive ketones (excluding diaryl/α,β-unsaturated/α-hetero) is 1. The van der Waals surface area contributed by atoms with E-state index in [0.29, 0.717) is 24.3 Å². The highest BCUT2D eigenvalue weighted by Crippen LogP contribution is 2.21. The van der Waals surface area contributed by atoms with Gasteiger partial charge in [0.1, 0.15) is 5.75 Å². The zero-order valence-electron chi connectivity index (χ0n) is 8.96. The summed E-state index contributed by atoms with van der Waals surface area (Å²) in [6.45, 7) is 6.36. The highest BCUT2D eigenvalue weighted by atomic mass is 16.5. The Kier molecular flexibility index (Phi) is 3.69. The molecule has 0 aliphatic heterocycles. The number of carbonyl (C=O) groups is 1. The fraction of sp³-hybridized carbons (Fsp3) is 0.417. The minimum atomic E-state index is 0.133. The van der Waals surface area contributed by atoms with Gasteiger partial charge in [0.15, 0.2) is 5.78 Å². The smallest absolute Gasteiger partial charge is 0.166 e. The van der Waals surface area contributed by atoms with Crippen LogP contribution < -0.4 is 4.74 Å². The lowest BCUT2D eigenvalue weighted by molar-refractivity contribution is 0.0984. The molecule has 0 atom stereocenters. The minimum Gasteiger partial charge on any atom is -0.493 e. The molecule has 0 heterocycles. The van der Waals surface area contributed by atoms with Crippen LogP contribution in [0.5, 0.6) is 5.75 Å². The molecule has 0 spiro atoms. The maximum absolute atomic E-state index is 11.5. The first kappa shape index (κ1) is 10.8. The second-order valence-electron chi connectivity index (χ2n) is 3.21. The quantitative estimate of drug-likeness (QED) is 0.685. The molecule has 2 nitrogen and oxygen atoms in total. The predicted molar refractivity (Wildman–Crippen MR) is 57.0 cm³/mol. The van der Waals surface area contributed by atoms with E-state index in [4.69, 9.17) is 4.74 Å². The fourth-order valence-electron chi connectivity index (χ4n) is 1.33. The summed E-state index contributed by atoms with van der Waals surface area (Å²) in [6, 6.07) is 5.68. The first-order valence-electron chi connectivity index (χ1n) is 4.95. The molecule has 0 saturated carbocycles. The Labute approximate surface area is 84.9 Å². The van der Waals surface area contributed by atoms with Crippen LogP contribution in [-0.4, -0.2) is 12.4 Å². The SMILES string of the molecule is CCOc1cc(C)ccc1C(=O)CC. The Morgan fingerprint density at radius 1 is 1.36 bits per heavy atom. The van der Waals surface area contributed by atoms with E-state index < -0.39 is 0 Å². The van der Waals surface area contributed by atoms with Crippen molar-refractivity contribution in [2.45, 2.75) is 27.2 Å². The summed E-state index contributed by atoms with van der Waals surface area (Å²) in [4.78, 5) is 11.5. The molecule has 0 aromatic heterocycles. The van der Waals surface area contributed by atoms with E-state index in [1.54, 1.807) is 0 Å². The summed E-state index contributed by atoms with van der Waals surface area (Å²) in [5.74, 6) is 0.841. The predicted octanol–water partition coefficient (Wildman–Crippen LogP) is 2.99. The molecule has 0 aliphatic rings. The van der Waals surface area contributed by atoms with Crippen LogP contribution in [0.15, 0.2) is 18.2 Å². The molecule has 0 unspecified atom stereocenters. The van der Waals surface area contributed by atoms with Crippen LogP contribution in [0.2, 0.25) is 0 Å². The van der Waals surface area contributed by atoms with Crippen molar-refractivity contribution in [2.75, 3.05) is 6.61 Å². The number of carbonyl (C=O) groups excluding carboxylic acids is 1. The van der Waals surface area contributed by atoms with Gasteiger partial charge < -0.3 is 4.74 Å². The van der Waals surface area contributed by atoms with Crippen LogP contribution in [0.1, 0.15) is 36.2 Å². The van der Waals surface area contributed by atoms with Crippen molar-refractivity contribution in [3.8, 4) is 5.75 Å². The van der Waals surface area contributed by atoms with Crippen LogP contribution in [-0.2, 0) is 0 Å². The minimum absolute atomic E-state index is 0.133. The van der Waals surface area contributed by atoms with Gasteiger partial charge in [-0.3, -0.25) is 4.79 Å². The standard InChI is InChI=1S/C12H16O2/c1-4-11(13)10-7-6-9(3)8-12(10)14-5-2/h6-8H,4-5H2,1-3H3. The molecule has 0 bridgehead atoms. The zero-order chi connectivity index (χ0) is 10.6. The van der Waals surface area contributed by atoms with Gasteiger partial charge >= 0.3 is 0 Å². The lowest BCUT2D eigenvalue weighted by Gasteiger charge is -2.09. The second kappa shape index (κ2) is 4.80. The van der Waals surface area contributed by atoms with Gasteiger partial charge in [0.05, 0.1) is 12.2 Å². The van der Waals surface area contributed by atoms with E-state index in [9.17, 15) is 4.79 Å². The van der Waals surface area contributed by atoms with Gasteiger partial charge in [0.2, 0.25) is 0 Å². The van der Waals surface area contributed by atoms with E-state index in [-0.39, 0.29) is 5.78 Å². The van der Waals surface area contributed by atoms with Crippen molar-refractivity contribution in [2.24, 2.45) is 0 Å². The number of hydrogen-bond donors (Lipinski definition) is 0. The number of hydrogen-bond acceptors (Lipinski definition) is 2. The topological polar surface area (TPSA) is 26.3 Å². The highest BCUT2D eigenvalue weighted by Gasteiger charge is 2.10. The third kappa shape index (κ3) is 2.34. The summed E-state index contributed by atoms with van der Waals surface area (Å²) >= 11 is 0. The Bertz CT molecular complexity index is 329. The van der Waals surface area contributed by atoms with Crippen LogP contribution >= 0.6 is 0 Å². The molecule has 0 aliphatic carbocycles. The summed E-state index contributed by atoms with van der Waals surface area (Å²) < 4.78 is 5.42. The normalized spacial score (nSPS) is 9.93. The molecule has 1 rings (SSSR count). The summed E-state index contributed by atoms with van der Waals surface area (Å²) in [5, 5.41) is 0. The van der Waals surface area contributed by atoms with Gasteiger partial charge in [0, 0.05) is 6.42 Å². The maximum atomic E-state index is 11.5.